The van der Waals surface area contributed by atoms with Gasteiger partial charge in [0.1, 0.15) is 42.3 Å². The number of likely N-dealkylation sites (tertiary alicyclic amines) is 1. The number of H-pyrrole nitrogens is 3. The Morgan fingerprint density at radius 3 is 1.71 bits per heavy atom. The summed E-state index contributed by atoms with van der Waals surface area (Å²) in [5.74, 6) is -6.41. The summed E-state index contributed by atoms with van der Waals surface area (Å²) in [6, 6.07) is -0.892. The fourth-order valence-corrected chi connectivity index (χ4v) is 10.9. The van der Waals surface area contributed by atoms with Gasteiger partial charge in [0, 0.05) is 80.5 Å². The number of carboxylic acids is 1. The third-order valence-electron chi connectivity index (χ3n) is 15.9. The molecule has 0 aliphatic carbocycles. The topological polar surface area (TPSA) is 397 Å². The molecule has 0 radical (unpaired) electrons. The summed E-state index contributed by atoms with van der Waals surface area (Å²) in [4.78, 5) is 149. The molecule has 87 heavy (non-hydrogen) atoms. The second kappa shape index (κ2) is 34.3. The molecule has 0 spiro atoms. The predicted octanol–water partition coefficient (Wildman–Crippen LogP) is 0.183. The van der Waals surface area contributed by atoms with Crippen molar-refractivity contribution in [1.82, 2.24) is 82.7 Å². The molecule has 0 saturated carbocycles. The van der Waals surface area contributed by atoms with Crippen molar-refractivity contribution in [2.24, 2.45) is 23.5 Å². The number of imidazole rings is 3. The maximum Gasteiger partial charge on any atom is 0.326 e. The molecule has 4 aromatic rings. The van der Waals surface area contributed by atoms with Gasteiger partial charge in [0.05, 0.1) is 31.1 Å². The van der Waals surface area contributed by atoms with Crippen molar-refractivity contribution in [3.05, 3.63) is 90.5 Å². The number of carbonyl (C=O) groups excluding carboxylic acids is 8. The minimum Gasteiger partial charge on any atom is -0.480 e. The maximum atomic E-state index is 14.8. The van der Waals surface area contributed by atoms with Gasteiger partial charge in [0.15, 0.2) is 0 Å². The summed E-state index contributed by atoms with van der Waals surface area (Å²) in [6.45, 7) is 12.6. The Hall–Kier alpha value is -8.04. The number of rotatable bonds is 36. The monoisotopic (exact) mass is 1210 g/mol. The van der Waals surface area contributed by atoms with E-state index in [-0.39, 0.29) is 62.9 Å². The first-order valence-corrected chi connectivity index (χ1v) is 30.5. The van der Waals surface area contributed by atoms with Crippen LogP contribution in [0, 0.1) is 17.8 Å². The van der Waals surface area contributed by atoms with Crippen LogP contribution in [-0.2, 0) is 68.8 Å². The summed E-state index contributed by atoms with van der Waals surface area (Å²) < 4.78 is 0. The summed E-state index contributed by atoms with van der Waals surface area (Å²) in [7, 11) is 0. The van der Waals surface area contributed by atoms with Gasteiger partial charge in [0.25, 0.3) is 0 Å². The number of benzene rings is 1. The first-order chi connectivity index (χ1) is 41.7. The largest absolute Gasteiger partial charge is 0.480 e. The Bertz CT molecular complexity index is 2810. The van der Waals surface area contributed by atoms with Crippen molar-refractivity contribution < 1.29 is 48.3 Å². The van der Waals surface area contributed by atoms with Gasteiger partial charge in [-0.2, -0.15) is 0 Å². The normalized spacial score (nSPS) is 18.1. The van der Waals surface area contributed by atoms with Crippen LogP contribution in [0.1, 0.15) is 122 Å². The maximum absolute atomic E-state index is 14.8. The predicted molar refractivity (Wildman–Crippen MR) is 322 cm³/mol. The van der Waals surface area contributed by atoms with Crippen LogP contribution in [0.3, 0.4) is 0 Å². The van der Waals surface area contributed by atoms with E-state index in [2.05, 4.69) is 77.8 Å². The standard InChI is InChI=1S/C60H91N17O10/c1-7-37(6)51(58(84)74-47(26-40-29-63-33-68-40)55(81)71-44(60(86)87)17-11-12-20-61)76-57(83)50(36(4)5)66-31-42(23-35(2)3)70-53(79)46(25-39-28-62-32-67-39)72-54(80)45(24-38-15-9-8-10-16-38)73-56(82)49-19-14-22-77(49)59(85)48(27-41-30-64-34-69-41)75-52(78)43-18-13-21-65-43/h8-10,15-16,28-30,32-37,42-51,65-66H,7,11-14,17-27,31,61H2,1-6H3,(H,62,67)(H,63,68)(H,64,69)(H,70,79)(H,71,81)(H,72,80)(H,73,82)(H,74,84)(H,75,78)(H,76,83)(H,86,87)/t37-,42-,43-,44+,45-,46-,47-,48-,49-,50-,51-/m0/s1. The number of nitrogens with zero attached hydrogens (tertiary/aromatic N) is 4. The molecule has 476 valence electrons. The van der Waals surface area contributed by atoms with Crippen LogP contribution in [0.4, 0.5) is 0 Å². The van der Waals surface area contributed by atoms with Gasteiger partial charge < -0.3 is 78.5 Å². The van der Waals surface area contributed by atoms with E-state index in [1.54, 1.807) is 13.1 Å². The zero-order valence-corrected chi connectivity index (χ0v) is 50.9. The van der Waals surface area contributed by atoms with E-state index < -0.39 is 114 Å². The molecule has 6 rings (SSSR count). The number of aliphatic carboxylic acids is 1. The lowest BCUT2D eigenvalue weighted by molar-refractivity contribution is -0.142. The van der Waals surface area contributed by atoms with Crippen molar-refractivity contribution in [1.29, 1.82) is 0 Å². The number of aromatic amines is 3. The Kier molecular flexibility index (Phi) is 26.9. The highest BCUT2D eigenvalue weighted by Gasteiger charge is 2.41. The fourth-order valence-electron chi connectivity index (χ4n) is 10.9. The van der Waals surface area contributed by atoms with Gasteiger partial charge in [-0.25, -0.2) is 19.7 Å². The third kappa shape index (κ3) is 21.1. The average molecular weight is 1210 g/mol. The molecule has 5 heterocycles. The summed E-state index contributed by atoms with van der Waals surface area (Å²) in [5, 5.41) is 36.6. The van der Waals surface area contributed by atoms with Gasteiger partial charge in [-0.3, -0.25) is 38.4 Å². The highest BCUT2D eigenvalue weighted by atomic mass is 16.4. The molecular weight excluding hydrogens is 1120 g/mol. The van der Waals surface area contributed by atoms with Crippen molar-refractivity contribution in [2.45, 2.75) is 185 Å². The Morgan fingerprint density at radius 1 is 0.632 bits per heavy atom. The first-order valence-electron chi connectivity index (χ1n) is 30.5. The summed E-state index contributed by atoms with van der Waals surface area (Å²) >= 11 is 0. The van der Waals surface area contributed by atoms with Crippen LogP contribution in [-0.4, -0.2) is 180 Å². The molecule has 27 heteroatoms. The Balaban J connectivity index is 1.16. The van der Waals surface area contributed by atoms with E-state index in [4.69, 9.17) is 5.73 Å². The lowest BCUT2D eigenvalue weighted by Crippen LogP contribution is -2.61. The molecule has 0 bridgehead atoms. The zero-order valence-electron chi connectivity index (χ0n) is 50.9. The van der Waals surface area contributed by atoms with Crippen molar-refractivity contribution in [2.75, 3.05) is 26.2 Å². The molecule has 2 aliphatic heterocycles. The SMILES string of the molecule is CC[C@H](C)[C@H](NC(=O)[C@@H](NC[C@H](CC(C)C)NC(=O)[C@H](Cc1cnc[nH]1)NC(=O)[C@H](Cc1ccccc1)NC(=O)[C@@H]1CCCN1C(=O)[C@H](Cc1cnc[nH]1)NC(=O)[C@@H]1CCCN1)C(C)C)C(=O)N[C@@H](Cc1cnc[nH]1)C(=O)N[C@H](CCCCN)C(=O)O. The molecule has 15 N–H and O–H groups in total. The number of unbranched alkanes of at least 4 members (excludes halogenated alkanes) is 1. The number of nitrogens with one attached hydrogen (secondary N) is 12. The fraction of sp³-hybridized carbons (Fsp3) is 0.600. The van der Waals surface area contributed by atoms with Gasteiger partial charge in [-0.05, 0) is 87.8 Å². The molecule has 0 unspecified atom stereocenters. The highest BCUT2D eigenvalue weighted by Crippen LogP contribution is 2.21. The quantitative estimate of drug-likeness (QED) is 0.0270. The molecule has 2 saturated heterocycles. The number of hydrogen-bond donors (Lipinski definition) is 14. The molecule has 11 atom stereocenters. The van der Waals surface area contributed by atoms with E-state index in [9.17, 15) is 48.3 Å². The van der Waals surface area contributed by atoms with Crippen LogP contribution in [0.25, 0.3) is 0 Å². The summed E-state index contributed by atoms with van der Waals surface area (Å²) in [6.07, 6.45) is 13.3. The molecule has 2 fully saturated rings. The molecule has 3 aromatic heterocycles. The van der Waals surface area contributed by atoms with Crippen LogP contribution < -0.4 is 53.6 Å². The molecular formula is C60H91N17O10. The molecule has 27 nitrogen and oxygen atoms in total. The van der Waals surface area contributed by atoms with Crippen molar-refractivity contribution >= 4 is 53.2 Å². The second-order valence-electron chi connectivity index (χ2n) is 23.6. The van der Waals surface area contributed by atoms with E-state index in [0.717, 1.165) is 12.0 Å². The van der Waals surface area contributed by atoms with Gasteiger partial charge in [0.2, 0.25) is 47.3 Å². The Morgan fingerprint density at radius 2 is 1.18 bits per heavy atom. The van der Waals surface area contributed by atoms with E-state index in [1.165, 1.54) is 36.3 Å². The first kappa shape index (κ1) is 68.1. The van der Waals surface area contributed by atoms with Gasteiger partial charge in [-0.15, -0.1) is 0 Å². The number of carboxylic acid groups (broad SMARTS) is 1. The van der Waals surface area contributed by atoms with Crippen LogP contribution >= 0.6 is 0 Å². The Labute approximate surface area is 508 Å². The lowest BCUT2D eigenvalue weighted by atomic mass is 9.95. The van der Waals surface area contributed by atoms with Crippen LogP contribution in [0.5, 0.6) is 0 Å². The van der Waals surface area contributed by atoms with E-state index in [0.29, 0.717) is 75.1 Å². The van der Waals surface area contributed by atoms with E-state index in [1.807, 2.05) is 65.0 Å². The van der Waals surface area contributed by atoms with Gasteiger partial charge >= 0.3 is 5.97 Å². The van der Waals surface area contributed by atoms with Crippen LogP contribution in [0.15, 0.2) is 67.9 Å². The number of amides is 8. The highest BCUT2D eigenvalue weighted by molar-refractivity contribution is 5.97. The summed E-state index contributed by atoms with van der Waals surface area (Å²) in [5.41, 5.74) is 7.99. The number of hydrogen-bond acceptors (Lipinski definition) is 15. The van der Waals surface area contributed by atoms with Crippen molar-refractivity contribution in [3.8, 4) is 0 Å². The average Bonchev–Trinajstić information content (AvgIpc) is 3.05. The molecule has 8 amide bonds. The number of nitrogens with two attached hydrogens (primary N) is 1. The molecule has 2 aliphatic rings. The number of aromatic nitrogens is 6. The molecule has 1 aromatic carbocycles. The number of carbonyl (C=O) groups is 9. The minimum absolute atomic E-state index is 0.0223. The zero-order chi connectivity index (χ0) is 63.0. The van der Waals surface area contributed by atoms with Crippen LogP contribution in [0.2, 0.25) is 0 Å². The van der Waals surface area contributed by atoms with E-state index >= 15 is 0 Å². The lowest BCUT2D eigenvalue weighted by Gasteiger charge is -2.31. The smallest absolute Gasteiger partial charge is 0.326 e. The van der Waals surface area contributed by atoms with Crippen molar-refractivity contribution in [3.63, 3.8) is 0 Å². The van der Waals surface area contributed by atoms with Gasteiger partial charge in [-0.1, -0.05) is 78.3 Å². The minimum atomic E-state index is -1.24. The second-order valence-corrected chi connectivity index (χ2v) is 23.6. The third-order valence-corrected chi connectivity index (χ3v) is 15.9.